The number of nitrogens with one attached hydrogen (secondary N) is 1. The van der Waals surface area contributed by atoms with Crippen molar-refractivity contribution in [3.05, 3.63) is 63.1 Å². The first-order chi connectivity index (χ1) is 9.15. The van der Waals surface area contributed by atoms with Crippen LogP contribution in [-0.2, 0) is 0 Å². The number of benzene rings is 2. The zero-order valence-electron chi connectivity index (χ0n) is 10.2. The molecule has 0 spiro atoms. The molecular weight excluding hydrogens is 324 g/mol. The van der Waals surface area contributed by atoms with Crippen LogP contribution in [0.4, 0.5) is 5.69 Å². The van der Waals surface area contributed by atoms with E-state index in [1.54, 1.807) is 0 Å². The van der Waals surface area contributed by atoms with E-state index in [4.69, 9.17) is 17.3 Å². The van der Waals surface area contributed by atoms with Crippen molar-refractivity contribution >= 4 is 33.2 Å². The molecule has 1 aliphatic carbocycles. The van der Waals surface area contributed by atoms with Gasteiger partial charge in [0, 0.05) is 16.2 Å². The van der Waals surface area contributed by atoms with Crippen molar-refractivity contribution in [1.29, 1.82) is 0 Å². The van der Waals surface area contributed by atoms with E-state index >= 15 is 0 Å². The summed E-state index contributed by atoms with van der Waals surface area (Å²) in [6, 6.07) is 14.6. The summed E-state index contributed by atoms with van der Waals surface area (Å²) >= 11 is 9.45. The van der Waals surface area contributed by atoms with E-state index in [1.807, 2.05) is 24.3 Å². The average molecular weight is 338 g/mol. The molecule has 3 rings (SSSR count). The van der Waals surface area contributed by atoms with Gasteiger partial charge in [0.15, 0.2) is 0 Å². The van der Waals surface area contributed by atoms with Gasteiger partial charge in [-0.15, -0.1) is 0 Å². The predicted octanol–water partition coefficient (Wildman–Crippen LogP) is 4.66. The molecule has 0 bridgehead atoms. The Balaban J connectivity index is 1.87. The van der Waals surface area contributed by atoms with Crippen LogP contribution in [0.2, 0.25) is 5.02 Å². The van der Waals surface area contributed by atoms with E-state index in [2.05, 4.69) is 39.4 Å². The van der Waals surface area contributed by atoms with E-state index in [-0.39, 0.29) is 12.1 Å². The van der Waals surface area contributed by atoms with Crippen molar-refractivity contribution in [1.82, 2.24) is 0 Å². The Hall–Kier alpha value is -1.03. The molecule has 0 saturated heterocycles. The smallest absolute Gasteiger partial charge is 0.0549 e. The first-order valence-corrected chi connectivity index (χ1v) is 7.38. The number of fused-ring (bicyclic) bond motifs is 1. The number of anilines is 1. The third kappa shape index (κ3) is 2.50. The summed E-state index contributed by atoms with van der Waals surface area (Å²) in [6.07, 6.45) is 0.916. The van der Waals surface area contributed by atoms with Crippen LogP contribution in [0.1, 0.15) is 29.6 Å². The second-order valence-electron chi connectivity index (χ2n) is 4.80. The Morgan fingerprint density at radius 3 is 2.63 bits per heavy atom. The molecule has 0 aromatic heterocycles. The minimum absolute atomic E-state index is 0.115. The van der Waals surface area contributed by atoms with Gasteiger partial charge in [-0.1, -0.05) is 35.9 Å². The first-order valence-electron chi connectivity index (χ1n) is 6.21. The Morgan fingerprint density at radius 1 is 1.16 bits per heavy atom. The molecule has 2 aromatic rings. The van der Waals surface area contributed by atoms with Gasteiger partial charge in [0.1, 0.15) is 0 Å². The van der Waals surface area contributed by atoms with E-state index in [9.17, 15) is 0 Å². The molecule has 2 unspecified atom stereocenters. The fraction of sp³-hybridized carbons (Fsp3) is 0.200. The quantitative estimate of drug-likeness (QED) is 0.836. The van der Waals surface area contributed by atoms with Crippen LogP contribution in [0.25, 0.3) is 0 Å². The maximum atomic E-state index is 6.17. The Kier molecular flexibility index (Phi) is 3.52. The fourth-order valence-electron chi connectivity index (χ4n) is 2.60. The lowest BCUT2D eigenvalue weighted by atomic mass is 10.1. The third-order valence-electron chi connectivity index (χ3n) is 3.52. The molecule has 0 amide bonds. The lowest BCUT2D eigenvalue weighted by Crippen LogP contribution is -2.09. The van der Waals surface area contributed by atoms with Crippen molar-refractivity contribution in [2.75, 3.05) is 5.32 Å². The highest BCUT2D eigenvalue weighted by Gasteiger charge is 2.27. The highest BCUT2D eigenvalue weighted by atomic mass is 79.9. The molecule has 3 N–H and O–H groups in total. The van der Waals surface area contributed by atoms with Gasteiger partial charge < -0.3 is 11.1 Å². The van der Waals surface area contributed by atoms with Crippen molar-refractivity contribution < 1.29 is 0 Å². The highest BCUT2D eigenvalue weighted by Crippen LogP contribution is 2.39. The lowest BCUT2D eigenvalue weighted by molar-refractivity contribution is 0.648. The van der Waals surface area contributed by atoms with Crippen molar-refractivity contribution in [3.63, 3.8) is 0 Å². The molecular formula is C15H14BrClN2. The third-order valence-corrected chi connectivity index (χ3v) is 4.73. The van der Waals surface area contributed by atoms with Crippen LogP contribution >= 0.6 is 27.5 Å². The van der Waals surface area contributed by atoms with Crippen LogP contribution in [0, 0.1) is 0 Å². The van der Waals surface area contributed by atoms with E-state index < -0.39 is 0 Å². The number of hydrogen-bond acceptors (Lipinski definition) is 2. The summed E-state index contributed by atoms with van der Waals surface area (Å²) in [5, 5.41) is 4.24. The summed E-state index contributed by atoms with van der Waals surface area (Å²) in [5.41, 5.74) is 9.76. The van der Waals surface area contributed by atoms with Crippen LogP contribution in [0.15, 0.2) is 46.9 Å². The van der Waals surface area contributed by atoms with Gasteiger partial charge >= 0.3 is 0 Å². The van der Waals surface area contributed by atoms with Crippen LogP contribution in [-0.4, -0.2) is 0 Å². The van der Waals surface area contributed by atoms with Gasteiger partial charge in [-0.3, -0.25) is 0 Å². The summed E-state index contributed by atoms with van der Waals surface area (Å²) in [5.74, 6) is 0. The van der Waals surface area contributed by atoms with Crippen LogP contribution in [0.5, 0.6) is 0 Å². The Morgan fingerprint density at radius 2 is 1.89 bits per heavy atom. The predicted molar refractivity (Wildman–Crippen MR) is 83.5 cm³/mol. The maximum absolute atomic E-state index is 6.17. The van der Waals surface area contributed by atoms with Gasteiger partial charge in [0.25, 0.3) is 0 Å². The van der Waals surface area contributed by atoms with Crippen molar-refractivity contribution in [2.24, 2.45) is 5.73 Å². The molecule has 0 fully saturated rings. The minimum Gasteiger partial charge on any atom is -0.378 e. The molecule has 0 saturated carbocycles. The number of hydrogen-bond donors (Lipinski definition) is 2. The molecule has 2 nitrogen and oxygen atoms in total. The van der Waals surface area contributed by atoms with Crippen molar-refractivity contribution in [3.8, 4) is 0 Å². The topological polar surface area (TPSA) is 38.0 Å². The number of halogens is 2. The summed E-state index contributed by atoms with van der Waals surface area (Å²) in [6.45, 7) is 0. The van der Waals surface area contributed by atoms with E-state index in [0.717, 1.165) is 16.6 Å². The van der Waals surface area contributed by atoms with Crippen LogP contribution < -0.4 is 11.1 Å². The van der Waals surface area contributed by atoms with E-state index in [1.165, 1.54) is 11.1 Å². The van der Waals surface area contributed by atoms with Gasteiger partial charge in [-0.05, 0) is 51.7 Å². The van der Waals surface area contributed by atoms with Gasteiger partial charge in [0.2, 0.25) is 0 Å². The summed E-state index contributed by atoms with van der Waals surface area (Å²) < 4.78 is 0.898. The summed E-state index contributed by atoms with van der Waals surface area (Å²) in [7, 11) is 0. The highest BCUT2D eigenvalue weighted by molar-refractivity contribution is 9.10. The first kappa shape index (κ1) is 13.0. The number of rotatable bonds is 2. The molecule has 2 aromatic carbocycles. The molecule has 98 valence electrons. The molecule has 2 atom stereocenters. The zero-order chi connectivity index (χ0) is 13.4. The Bertz CT molecular complexity index is 615. The van der Waals surface area contributed by atoms with E-state index in [0.29, 0.717) is 5.02 Å². The molecule has 19 heavy (non-hydrogen) atoms. The zero-order valence-corrected chi connectivity index (χ0v) is 12.6. The van der Waals surface area contributed by atoms with Crippen LogP contribution in [0.3, 0.4) is 0 Å². The molecule has 0 radical (unpaired) electrons. The minimum atomic E-state index is 0.115. The molecule has 0 heterocycles. The fourth-order valence-corrected chi connectivity index (χ4v) is 3.09. The molecule has 0 aliphatic heterocycles. The maximum Gasteiger partial charge on any atom is 0.0549 e. The van der Waals surface area contributed by atoms with Gasteiger partial charge in [-0.25, -0.2) is 0 Å². The number of nitrogens with two attached hydrogens (primary N) is 1. The largest absolute Gasteiger partial charge is 0.378 e. The standard InChI is InChI=1S/C15H14BrClN2/c16-12-7-9(5-6-13(12)17)19-15-8-14(18)10-3-1-2-4-11(10)15/h1-7,14-15,19H,8,18H2. The lowest BCUT2D eigenvalue weighted by Gasteiger charge is -2.16. The second-order valence-corrected chi connectivity index (χ2v) is 6.06. The summed E-state index contributed by atoms with van der Waals surface area (Å²) in [4.78, 5) is 0. The Labute approximate surface area is 126 Å². The molecule has 4 heteroatoms. The SMILES string of the molecule is NC1CC(Nc2ccc(Cl)c(Br)c2)c2ccccc21. The average Bonchev–Trinajstić information content (AvgIpc) is 2.72. The molecule has 1 aliphatic rings. The monoisotopic (exact) mass is 336 g/mol. The van der Waals surface area contributed by atoms with Crippen molar-refractivity contribution in [2.45, 2.75) is 18.5 Å². The van der Waals surface area contributed by atoms with Gasteiger partial charge in [-0.2, -0.15) is 0 Å². The second kappa shape index (κ2) is 5.16. The van der Waals surface area contributed by atoms with Gasteiger partial charge in [0.05, 0.1) is 11.1 Å². The normalized spacial score (nSPS) is 21.2.